The Bertz CT molecular complexity index is 657. The molecule has 1 aliphatic rings. The summed E-state index contributed by atoms with van der Waals surface area (Å²) in [7, 11) is -3.70. The van der Waals surface area contributed by atoms with Gasteiger partial charge in [-0.1, -0.05) is 13.8 Å². The average Bonchev–Trinajstić information content (AvgIpc) is 2.69. The highest BCUT2D eigenvalue weighted by Crippen LogP contribution is 2.32. The first-order valence-electron chi connectivity index (χ1n) is 6.94. The van der Waals surface area contributed by atoms with E-state index in [0.717, 1.165) is 12.8 Å². The number of nitrogen functional groups attached to an aromatic ring is 1. The van der Waals surface area contributed by atoms with Gasteiger partial charge in [0.05, 0.1) is 5.69 Å². The van der Waals surface area contributed by atoms with Crippen molar-refractivity contribution >= 4 is 21.6 Å². The molecule has 0 radical (unpaired) electrons. The van der Waals surface area contributed by atoms with Crippen molar-refractivity contribution in [2.24, 2.45) is 17.6 Å². The van der Waals surface area contributed by atoms with Gasteiger partial charge in [-0.05, 0) is 42.9 Å². The number of carbonyl (C=O) groups excluding carboxylic acids is 1. The Balaban J connectivity index is 2.26. The molecule has 1 aliphatic carbocycles. The minimum Gasteiger partial charge on any atom is -0.398 e. The van der Waals surface area contributed by atoms with E-state index >= 15 is 0 Å². The molecule has 1 aromatic carbocycles. The Morgan fingerprint density at radius 3 is 2.43 bits per heavy atom. The van der Waals surface area contributed by atoms with E-state index in [1.807, 2.05) is 6.92 Å². The minimum absolute atomic E-state index is 0.0146. The number of nitrogens with two attached hydrogens (primary N) is 2. The van der Waals surface area contributed by atoms with Gasteiger partial charge in [0.25, 0.3) is 0 Å². The Hall–Kier alpha value is -1.60. The van der Waals surface area contributed by atoms with Gasteiger partial charge in [-0.25, -0.2) is 13.1 Å². The number of rotatable bonds is 4. The number of anilines is 1. The molecule has 0 spiro atoms. The fraction of sp³-hybridized carbons (Fsp3) is 0.500. The summed E-state index contributed by atoms with van der Waals surface area (Å²) in [5, 5.41) is 0. The Kier molecular flexibility index (Phi) is 4.25. The number of hydrogen-bond acceptors (Lipinski definition) is 4. The molecule has 2 rings (SSSR count). The quantitative estimate of drug-likeness (QED) is 0.721. The van der Waals surface area contributed by atoms with Crippen molar-refractivity contribution in [1.82, 2.24) is 4.72 Å². The van der Waals surface area contributed by atoms with Crippen LogP contribution in [0.15, 0.2) is 23.1 Å². The van der Waals surface area contributed by atoms with Crippen LogP contribution in [0.3, 0.4) is 0 Å². The predicted molar refractivity (Wildman–Crippen MR) is 81.0 cm³/mol. The number of hydrogen-bond donors (Lipinski definition) is 3. The van der Waals surface area contributed by atoms with E-state index in [0.29, 0.717) is 5.92 Å². The molecule has 21 heavy (non-hydrogen) atoms. The standard InChI is InChI=1S/C14H21N3O3S/c1-8-3-5-12(9(8)2)17-21(19,20)13-6-4-10(14(16)18)7-11(13)15/h4,6-9,12,17H,3,5,15H2,1-2H3,(H2,16,18). The second-order valence-electron chi connectivity index (χ2n) is 5.76. The van der Waals surface area contributed by atoms with Gasteiger partial charge in [-0.2, -0.15) is 0 Å². The molecule has 3 unspecified atom stereocenters. The Morgan fingerprint density at radius 2 is 1.95 bits per heavy atom. The van der Waals surface area contributed by atoms with Crippen LogP contribution in [0, 0.1) is 11.8 Å². The molecule has 1 amide bonds. The molecular weight excluding hydrogens is 290 g/mol. The number of primary amides is 1. The van der Waals surface area contributed by atoms with E-state index in [9.17, 15) is 13.2 Å². The maximum absolute atomic E-state index is 12.4. The van der Waals surface area contributed by atoms with E-state index in [1.54, 1.807) is 0 Å². The van der Waals surface area contributed by atoms with E-state index in [2.05, 4.69) is 11.6 Å². The molecule has 7 heteroatoms. The van der Waals surface area contributed by atoms with E-state index in [4.69, 9.17) is 11.5 Å². The highest BCUT2D eigenvalue weighted by atomic mass is 32.2. The first kappa shape index (κ1) is 15.8. The third-order valence-electron chi connectivity index (χ3n) is 4.36. The highest BCUT2D eigenvalue weighted by molar-refractivity contribution is 7.89. The molecule has 1 aromatic rings. The number of amides is 1. The maximum atomic E-state index is 12.4. The number of sulfonamides is 1. The van der Waals surface area contributed by atoms with E-state index in [-0.39, 0.29) is 28.1 Å². The highest BCUT2D eigenvalue weighted by Gasteiger charge is 2.33. The maximum Gasteiger partial charge on any atom is 0.248 e. The topological polar surface area (TPSA) is 115 Å². The van der Waals surface area contributed by atoms with E-state index in [1.165, 1.54) is 18.2 Å². The molecule has 0 saturated heterocycles. The molecule has 0 bridgehead atoms. The van der Waals surface area contributed by atoms with Crippen LogP contribution >= 0.6 is 0 Å². The summed E-state index contributed by atoms with van der Waals surface area (Å²) in [5.74, 6) is 0.134. The van der Waals surface area contributed by atoms with Gasteiger partial charge in [0.15, 0.2) is 0 Å². The summed E-state index contributed by atoms with van der Waals surface area (Å²) >= 11 is 0. The zero-order valence-electron chi connectivity index (χ0n) is 12.2. The zero-order valence-corrected chi connectivity index (χ0v) is 13.0. The van der Waals surface area contributed by atoms with Crippen molar-refractivity contribution in [3.05, 3.63) is 23.8 Å². The van der Waals surface area contributed by atoms with Gasteiger partial charge in [0, 0.05) is 11.6 Å². The third kappa shape index (κ3) is 3.19. The van der Waals surface area contributed by atoms with Crippen LogP contribution in [-0.2, 0) is 10.0 Å². The van der Waals surface area contributed by atoms with Gasteiger partial charge in [0.1, 0.15) is 4.90 Å². The summed E-state index contributed by atoms with van der Waals surface area (Å²) in [6.07, 6.45) is 1.82. The van der Waals surface area contributed by atoms with Gasteiger partial charge in [-0.15, -0.1) is 0 Å². The van der Waals surface area contributed by atoms with Gasteiger partial charge < -0.3 is 11.5 Å². The van der Waals surface area contributed by atoms with Crippen molar-refractivity contribution in [2.75, 3.05) is 5.73 Å². The van der Waals surface area contributed by atoms with Crippen LogP contribution in [0.4, 0.5) is 5.69 Å². The number of benzene rings is 1. The third-order valence-corrected chi connectivity index (χ3v) is 5.92. The molecular formula is C14H21N3O3S. The van der Waals surface area contributed by atoms with Gasteiger partial charge in [0.2, 0.25) is 15.9 Å². The SMILES string of the molecule is CC1CCC(NS(=O)(=O)c2ccc(C(N)=O)cc2N)C1C. The monoisotopic (exact) mass is 311 g/mol. The molecule has 6 nitrogen and oxygen atoms in total. The number of carbonyl (C=O) groups is 1. The van der Waals surface area contributed by atoms with Crippen molar-refractivity contribution in [3.8, 4) is 0 Å². The summed E-state index contributed by atoms with van der Waals surface area (Å²) in [5.41, 5.74) is 11.1. The molecule has 0 heterocycles. The first-order chi connectivity index (χ1) is 9.72. The molecule has 0 aromatic heterocycles. The van der Waals surface area contributed by atoms with Crippen LogP contribution in [0.25, 0.3) is 0 Å². The second-order valence-corrected chi connectivity index (χ2v) is 7.44. The fourth-order valence-electron chi connectivity index (χ4n) is 2.74. The normalized spacial score (nSPS) is 25.9. The Labute approximate surface area is 124 Å². The smallest absolute Gasteiger partial charge is 0.248 e. The van der Waals surface area contributed by atoms with Gasteiger partial charge >= 0.3 is 0 Å². The molecule has 5 N–H and O–H groups in total. The van der Waals surface area contributed by atoms with Crippen molar-refractivity contribution < 1.29 is 13.2 Å². The van der Waals surface area contributed by atoms with Crippen LogP contribution in [0.2, 0.25) is 0 Å². The molecule has 1 saturated carbocycles. The molecule has 0 aliphatic heterocycles. The summed E-state index contributed by atoms with van der Waals surface area (Å²) < 4.78 is 27.6. The Morgan fingerprint density at radius 1 is 1.29 bits per heavy atom. The molecule has 1 fully saturated rings. The van der Waals surface area contributed by atoms with Crippen LogP contribution < -0.4 is 16.2 Å². The van der Waals surface area contributed by atoms with Crippen LogP contribution in [0.5, 0.6) is 0 Å². The summed E-state index contributed by atoms with van der Waals surface area (Å²) in [6, 6.07) is 3.90. The lowest BCUT2D eigenvalue weighted by atomic mass is 9.98. The van der Waals surface area contributed by atoms with Crippen molar-refractivity contribution in [2.45, 2.75) is 37.6 Å². The lowest BCUT2D eigenvalue weighted by Gasteiger charge is -2.20. The molecule has 3 atom stereocenters. The van der Waals surface area contributed by atoms with Crippen LogP contribution in [0.1, 0.15) is 37.0 Å². The van der Waals surface area contributed by atoms with Gasteiger partial charge in [-0.3, -0.25) is 4.79 Å². The summed E-state index contributed by atoms with van der Waals surface area (Å²) in [4.78, 5) is 11.1. The fourth-order valence-corrected chi connectivity index (χ4v) is 4.21. The predicted octanol–water partition coefficient (Wildman–Crippen LogP) is 1.08. The summed E-state index contributed by atoms with van der Waals surface area (Å²) in [6.45, 7) is 4.17. The largest absolute Gasteiger partial charge is 0.398 e. The first-order valence-corrected chi connectivity index (χ1v) is 8.42. The second kappa shape index (κ2) is 5.65. The van der Waals surface area contributed by atoms with Crippen molar-refractivity contribution in [3.63, 3.8) is 0 Å². The van der Waals surface area contributed by atoms with Crippen LogP contribution in [-0.4, -0.2) is 20.4 Å². The number of nitrogens with one attached hydrogen (secondary N) is 1. The average molecular weight is 311 g/mol. The molecule has 116 valence electrons. The lowest BCUT2D eigenvalue weighted by molar-refractivity contribution is 0.1000. The lowest BCUT2D eigenvalue weighted by Crippen LogP contribution is -2.37. The zero-order chi connectivity index (χ0) is 15.8. The minimum atomic E-state index is -3.70. The van der Waals surface area contributed by atoms with E-state index < -0.39 is 15.9 Å². The van der Waals surface area contributed by atoms with Crippen molar-refractivity contribution in [1.29, 1.82) is 0 Å².